The Balaban J connectivity index is 1.75. The number of hydrogen-bond acceptors (Lipinski definition) is 7. The van der Waals surface area contributed by atoms with Crippen molar-refractivity contribution in [2.45, 2.75) is 9.79 Å². The third-order valence-corrected chi connectivity index (χ3v) is 6.71. The highest BCUT2D eigenvalue weighted by molar-refractivity contribution is 7.91. The van der Waals surface area contributed by atoms with Crippen LogP contribution in [0.15, 0.2) is 63.8 Å². The molecular formula is C18H10N2O6S2. The van der Waals surface area contributed by atoms with E-state index in [4.69, 9.17) is 5.11 Å². The molecule has 0 fully saturated rings. The molecule has 8 nitrogen and oxygen atoms in total. The summed E-state index contributed by atoms with van der Waals surface area (Å²) in [6, 6.07) is 8.42. The first-order valence-electron chi connectivity index (χ1n) is 7.81. The zero-order valence-corrected chi connectivity index (χ0v) is 15.5. The van der Waals surface area contributed by atoms with E-state index in [1.54, 1.807) is 5.38 Å². The molecule has 0 radical (unpaired) electrons. The van der Waals surface area contributed by atoms with Gasteiger partial charge in [-0.3, -0.25) is 9.59 Å². The Morgan fingerprint density at radius 2 is 1.61 bits per heavy atom. The molecule has 2 heterocycles. The van der Waals surface area contributed by atoms with E-state index in [2.05, 4.69) is 4.98 Å². The van der Waals surface area contributed by atoms with Crippen LogP contribution in [0.3, 0.4) is 0 Å². The predicted molar refractivity (Wildman–Crippen MR) is 98.5 cm³/mol. The van der Waals surface area contributed by atoms with Crippen molar-refractivity contribution in [1.82, 2.24) is 4.98 Å². The number of carboxylic acid groups (broad SMARTS) is 1. The van der Waals surface area contributed by atoms with E-state index in [1.807, 2.05) is 0 Å². The van der Waals surface area contributed by atoms with Gasteiger partial charge in [0.2, 0.25) is 9.84 Å². The molecule has 0 unspecified atom stereocenters. The number of benzene rings is 2. The molecule has 0 atom stereocenters. The monoisotopic (exact) mass is 414 g/mol. The normalized spacial score (nSPS) is 13.6. The Hall–Kier alpha value is -3.37. The summed E-state index contributed by atoms with van der Waals surface area (Å²) in [4.78, 5) is 40.7. The van der Waals surface area contributed by atoms with E-state index in [0.717, 1.165) is 22.3 Å². The number of amides is 2. The minimum Gasteiger partial charge on any atom is -0.478 e. The van der Waals surface area contributed by atoms with Crippen LogP contribution in [-0.4, -0.2) is 36.3 Å². The number of carboxylic acids is 1. The van der Waals surface area contributed by atoms with Gasteiger partial charge >= 0.3 is 5.97 Å². The van der Waals surface area contributed by atoms with Crippen LogP contribution in [0, 0.1) is 0 Å². The van der Waals surface area contributed by atoms with Gasteiger partial charge in [-0.2, -0.15) is 0 Å². The number of carbonyl (C=O) groups excluding carboxylic acids is 2. The molecule has 140 valence electrons. The second kappa shape index (κ2) is 6.36. The van der Waals surface area contributed by atoms with Crippen LogP contribution in [0.1, 0.15) is 31.1 Å². The smallest absolute Gasteiger partial charge is 0.335 e. The van der Waals surface area contributed by atoms with Crippen molar-refractivity contribution < 1.29 is 27.9 Å². The molecule has 0 saturated heterocycles. The summed E-state index contributed by atoms with van der Waals surface area (Å²) < 4.78 is 25.7. The van der Waals surface area contributed by atoms with Gasteiger partial charge in [0.1, 0.15) is 0 Å². The van der Waals surface area contributed by atoms with Gasteiger partial charge in [-0.25, -0.2) is 23.1 Å². The van der Waals surface area contributed by atoms with E-state index >= 15 is 0 Å². The van der Waals surface area contributed by atoms with E-state index < -0.39 is 27.6 Å². The molecule has 10 heteroatoms. The largest absolute Gasteiger partial charge is 0.478 e. The van der Waals surface area contributed by atoms with Crippen LogP contribution in [0.2, 0.25) is 0 Å². The number of carbonyl (C=O) groups is 3. The maximum absolute atomic E-state index is 12.8. The molecule has 0 aliphatic carbocycles. The molecule has 0 spiro atoms. The summed E-state index contributed by atoms with van der Waals surface area (Å²) in [7, 11) is -4.00. The number of anilines is 1. The highest BCUT2D eigenvalue weighted by Gasteiger charge is 2.39. The summed E-state index contributed by atoms with van der Waals surface area (Å²) >= 11 is 1.12. The highest BCUT2D eigenvalue weighted by Crippen LogP contribution is 2.32. The fraction of sp³-hybridized carbons (Fsp3) is 0. The molecule has 1 aliphatic heterocycles. The molecule has 1 aromatic heterocycles. The molecular weight excluding hydrogens is 404 g/mol. The number of rotatable bonds is 4. The molecule has 4 rings (SSSR count). The minimum atomic E-state index is -4.00. The average molecular weight is 414 g/mol. The summed E-state index contributed by atoms with van der Waals surface area (Å²) in [5.74, 6) is -2.38. The number of sulfone groups is 1. The maximum Gasteiger partial charge on any atom is 0.335 e. The van der Waals surface area contributed by atoms with Crippen molar-refractivity contribution in [2.24, 2.45) is 0 Å². The third kappa shape index (κ3) is 2.70. The highest BCUT2D eigenvalue weighted by atomic mass is 32.2. The van der Waals surface area contributed by atoms with E-state index in [9.17, 15) is 22.8 Å². The summed E-state index contributed by atoms with van der Waals surface area (Å²) in [5.41, 5.74) is 0.0246. The number of hydrogen-bond donors (Lipinski definition) is 1. The van der Waals surface area contributed by atoms with Crippen LogP contribution >= 0.6 is 11.3 Å². The number of aromatic nitrogens is 1. The Kier molecular flexibility index (Phi) is 4.09. The Morgan fingerprint density at radius 3 is 2.21 bits per heavy atom. The summed E-state index contributed by atoms with van der Waals surface area (Å²) in [6.45, 7) is 0. The Bertz CT molecular complexity index is 1230. The molecule has 2 amide bonds. The number of fused-ring (bicyclic) bond motifs is 1. The zero-order valence-electron chi connectivity index (χ0n) is 13.9. The van der Waals surface area contributed by atoms with Crippen LogP contribution in [-0.2, 0) is 9.84 Å². The standard InChI is InChI=1S/C18H10N2O6S2/c21-15-13-6-5-12(9-14(13)16(22)20(15)18-19-7-8-27-18)28(25,26)11-3-1-10(2-4-11)17(23)24/h1-9H,(H,23,24). The lowest BCUT2D eigenvalue weighted by Gasteiger charge is -2.08. The summed E-state index contributed by atoms with van der Waals surface area (Å²) in [5, 5.41) is 10.8. The van der Waals surface area contributed by atoms with Gasteiger partial charge in [-0.1, -0.05) is 0 Å². The van der Waals surface area contributed by atoms with Gasteiger partial charge in [0.25, 0.3) is 11.8 Å². The van der Waals surface area contributed by atoms with E-state index in [-0.39, 0.29) is 31.6 Å². The van der Waals surface area contributed by atoms with Crippen molar-refractivity contribution in [3.05, 3.63) is 70.7 Å². The van der Waals surface area contributed by atoms with Crippen molar-refractivity contribution in [1.29, 1.82) is 0 Å². The SMILES string of the molecule is O=C(O)c1ccc(S(=O)(=O)c2ccc3c(c2)C(=O)N(c2nccs2)C3=O)cc1. The van der Waals surface area contributed by atoms with Gasteiger partial charge in [0.15, 0.2) is 5.13 Å². The quantitative estimate of drug-likeness (QED) is 0.651. The van der Waals surface area contributed by atoms with E-state index in [0.29, 0.717) is 0 Å². The predicted octanol–water partition coefficient (Wildman–Crippen LogP) is 2.47. The molecule has 0 saturated carbocycles. The van der Waals surface area contributed by atoms with Crippen LogP contribution in [0.25, 0.3) is 0 Å². The van der Waals surface area contributed by atoms with Gasteiger partial charge in [0, 0.05) is 11.6 Å². The first-order chi connectivity index (χ1) is 13.3. The molecule has 3 aromatic rings. The van der Waals surface area contributed by atoms with Gasteiger partial charge in [-0.15, -0.1) is 11.3 Å². The number of aromatic carboxylic acids is 1. The fourth-order valence-corrected chi connectivity index (χ4v) is 4.72. The van der Waals surface area contributed by atoms with Crippen LogP contribution in [0.4, 0.5) is 5.13 Å². The van der Waals surface area contributed by atoms with Crippen molar-refractivity contribution >= 4 is 44.1 Å². The topological polar surface area (TPSA) is 122 Å². The third-order valence-electron chi connectivity index (χ3n) is 4.19. The van der Waals surface area contributed by atoms with Crippen LogP contribution in [0.5, 0.6) is 0 Å². The maximum atomic E-state index is 12.8. The van der Waals surface area contributed by atoms with Gasteiger partial charge in [-0.05, 0) is 42.5 Å². The molecule has 28 heavy (non-hydrogen) atoms. The first-order valence-corrected chi connectivity index (χ1v) is 10.2. The van der Waals surface area contributed by atoms with Crippen LogP contribution < -0.4 is 4.90 Å². The number of nitrogens with zero attached hydrogens (tertiary/aromatic N) is 2. The Morgan fingerprint density at radius 1 is 0.964 bits per heavy atom. The van der Waals surface area contributed by atoms with Crippen molar-refractivity contribution in [3.63, 3.8) is 0 Å². The number of thiazole rings is 1. The fourth-order valence-electron chi connectivity index (χ4n) is 2.80. The summed E-state index contributed by atoms with van der Waals surface area (Å²) in [6.07, 6.45) is 1.46. The zero-order chi connectivity index (χ0) is 20.1. The minimum absolute atomic E-state index is 0.0246. The lowest BCUT2D eigenvalue weighted by atomic mass is 10.1. The van der Waals surface area contributed by atoms with Gasteiger partial charge < -0.3 is 5.11 Å². The molecule has 0 bridgehead atoms. The lowest BCUT2D eigenvalue weighted by Crippen LogP contribution is -2.29. The molecule has 1 N–H and O–H groups in total. The molecule has 1 aliphatic rings. The second-order valence-electron chi connectivity index (χ2n) is 5.80. The van der Waals surface area contributed by atoms with E-state index in [1.165, 1.54) is 42.6 Å². The number of imide groups is 1. The lowest BCUT2D eigenvalue weighted by molar-refractivity contribution is 0.0696. The molecule has 2 aromatic carbocycles. The Labute approximate surface area is 162 Å². The average Bonchev–Trinajstić information content (AvgIpc) is 3.29. The van der Waals surface area contributed by atoms with Gasteiger partial charge in [0.05, 0.1) is 26.5 Å². The van der Waals surface area contributed by atoms with Crippen molar-refractivity contribution in [2.75, 3.05) is 4.90 Å². The first kappa shape index (κ1) is 18.0. The second-order valence-corrected chi connectivity index (χ2v) is 8.62. The van der Waals surface area contributed by atoms with Crippen molar-refractivity contribution in [3.8, 4) is 0 Å².